The van der Waals surface area contributed by atoms with Gasteiger partial charge in [-0.3, -0.25) is 0 Å². The highest BCUT2D eigenvalue weighted by Crippen LogP contribution is 2.38. The van der Waals surface area contributed by atoms with Gasteiger partial charge in [0.2, 0.25) is 0 Å². The number of hydrogen-bond acceptors (Lipinski definition) is 0. The molecule has 0 nitrogen and oxygen atoms in total. The summed E-state index contributed by atoms with van der Waals surface area (Å²) >= 11 is 6.13. The first-order valence-corrected chi connectivity index (χ1v) is 9.36. The van der Waals surface area contributed by atoms with Crippen molar-refractivity contribution in [2.24, 2.45) is 0 Å². The van der Waals surface area contributed by atoms with E-state index < -0.39 is 25.9 Å². The summed E-state index contributed by atoms with van der Waals surface area (Å²) in [5.41, 5.74) is 1.54. The Labute approximate surface area is 118 Å². The van der Waals surface area contributed by atoms with Gasteiger partial charge in [-0.05, 0) is 18.1 Å². The first kappa shape index (κ1) is 16.3. The van der Waals surface area contributed by atoms with Crippen LogP contribution >= 0.6 is 11.6 Å². The first-order valence-electron chi connectivity index (χ1n) is 6.29. The summed E-state index contributed by atoms with van der Waals surface area (Å²) in [5, 5.41) is -0.580. The van der Waals surface area contributed by atoms with E-state index in [1.807, 2.05) is 5.70 Å². The van der Waals surface area contributed by atoms with Crippen LogP contribution in [0.15, 0.2) is 36.5 Å². The minimum absolute atomic E-state index is 0.185. The molecule has 0 saturated carbocycles. The number of halogens is 4. The van der Waals surface area contributed by atoms with Crippen LogP contribution in [0.2, 0.25) is 12.6 Å². The highest BCUT2D eigenvalue weighted by molar-refractivity contribution is 6.62. The zero-order valence-corrected chi connectivity index (χ0v) is 12.8. The standard InChI is InChI=1S/C14H18ClF3Si/c1-3-19(2)10-6-9-13(15)11-7-4-5-8-12(11)14(16,17)18/h3-5,7-8,13,19H,1,6,9-10H2,2H3. The average Bonchev–Trinajstić information content (AvgIpc) is 2.37. The third-order valence-corrected chi connectivity index (χ3v) is 5.70. The van der Waals surface area contributed by atoms with Crippen molar-refractivity contribution >= 4 is 20.4 Å². The van der Waals surface area contributed by atoms with Gasteiger partial charge in [-0.25, -0.2) is 0 Å². The molecule has 1 aromatic carbocycles. The van der Waals surface area contributed by atoms with E-state index in [4.69, 9.17) is 11.6 Å². The van der Waals surface area contributed by atoms with Gasteiger partial charge >= 0.3 is 6.18 Å². The zero-order valence-electron chi connectivity index (χ0n) is 10.9. The lowest BCUT2D eigenvalue weighted by Crippen LogP contribution is -2.10. The fourth-order valence-corrected chi connectivity index (χ4v) is 3.38. The molecule has 0 amide bonds. The molecule has 106 valence electrons. The molecule has 0 fully saturated rings. The van der Waals surface area contributed by atoms with E-state index in [1.54, 1.807) is 6.07 Å². The molecule has 0 radical (unpaired) electrons. The SMILES string of the molecule is C=C[SiH](C)CCCC(Cl)c1ccccc1C(F)(F)F. The first-order chi connectivity index (χ1) is 8.86. The van der Waals surface area contributed by atoms with Crippen molar-refractivity contribution < 1.29 is 13.2 Å². The molecule has 0 aromatic heterocycles. The van der Waals surface area contributed by atoms with Crippen molar-refractivity contribution in [3.05, 3.63) is 47.7 Å². The Morgan fingerprint density at radius 2 is 2.00 bits per heavy atom. The maximum Gasteiger partial charge on any atom is 0.416 e. The van der Waals surface area contributed by atoms with Crippen LogP contribution in [0.5, 0.6) is 0 Å². The van der Waals surface area contributed by atoms with Crippen LogP contribution in [0.3, 0.4) is 0 Å². The smallest absolute Gasteiger partial charge is 0.166 e. The predicted octanol–water partition coefficient (Wildman–Crippen LogP) is 5.35. The molecular weight excluding hydrogens is 289 g/mol. The quantitative estimate of drug-likeness (QED) is 0.491. The van der Waals surface area contributed by atoms with Gasteiger partial charge < -0.3 is 0 Å². The van der Waals surface area contributed by atoms with E-state index in [0.29, 0.717) is 6.42 Å². The molecule has 1 rings (SSSR count). The van der Waals surface area contributed by atoms with Crippen molar-refractivity contribution in [3.8, 4) is 0 Å². The van der Waals surface area contributed by atoms with Gasteiger partial charge in [0, 0.05) is 0 Å². The van der Waals surface area contributed by atoms with Gasteiger partial charge in [-0.1, -0.05) is 37.2 Å². The van der Waals surface area contributed by atoms with E-state index >= 15 is 0 Å². The van der Waals surface area contributed by atoms with Gasteiger partial charge in [-0.15, -0.1) is 23.9 Å². The Morgan fingerprint density at radius 1 is 1.37 bits per heavy atom. The molecule has 0 saturated heterocycles. The Hall–Kier alpha value is -0.743. The molecule has 2 atom stereocenters. The Bertz CT molecular complexity index is 417. The van der Waals surface area contributed by atoms with Gasteiger partial charge in [0.15, 0.2) is 0 Å². The predicted molar refractivity (Wildman–Crippen MR) is 77.3 cm³/mol. The normalized spacial score (nSPS) is 15.0. The lowest BCUT2D eigenvalue weighted by atomic mass is 10.0. The molecule has 0 heterocycles. The molecule has 19 heavy (non-hydrogen) atoms. The minimum atomic E-state index is -4.34. The summed E-state index contributed by atoms with van der Waals surface area (Å²) < 4.78 is 38.5. The van der Waals surface area contributed by atoms with E-state index in [-0.39, 0.29) is 5.56 Å². The fourth-order valence-electron chi connectivity index (χ4n) is 1.92. The molecule has 0 N–H and O–H groups in total. The highest BCUT2D eigenvalue weighted by Gasteiger charge is 2.34. The zero-order chi connectivity index (χ0) is 14.5. The Balaban J connectivity index is 2.72. The molecular formula is C14H18ClF3Si. The summed E-state index contributed by atoms with van der Waals surface area (Å²) in [6.45, 7) is 5.91. The summed E-state index contributed by atoms with van der Waals surface area (Å²) in [4.78, 5) is 0. The average molecular weight is 307 g/mol. The van der Waals surface area contributed by atoms with Gasteiger partial charge in [0.05, 0.1) is 19.7 Å². The molecule has 0 bridgehead atoms. The van der Waals surface area contributed by atoms with Crippen molar-refractivity contribution in [2.45, 2.75) is 37.0 Å². The minimum Gasteiger partial charge on any atom is -0.166 e. The fraction of sp³-hybridized carbons (Fsp3) is 0.429. The second kappa shape index (κ2) is 7.15. The van der Waals surface area contributed by atoms with Gasteiger partial charge in [0.1, 0.15) is 0 Å². The molecule has 2 unspecified atom stereocenters. The van der Waals surface area contributed by atoms with Crippen LogP contribution in [0.4, 0.5) is 13.2 Å². The van der Waals surface area contributed by atoms with E-state index in [0.717, 1.165) is 18.5 Å². The monoisotopic (exact) mass is 306 g/mol. The number of alkyl halides is 4. The number of rotatable bonds is 6. The molecule has 0 aliphatic carbocycles. The summed E-state index contributed by atoms with van der Waals surface area (Å²) in [5.74, 6) is 0. The summed E-state index contributed by atoms with van der Waals surface area (Å²) in [6, 6.07) is 6.57. The van der Waals surface area contributed by atoms with Gasteiger partial charge in [0.25, 0.3) is 0 Å². The highest BCUT2D eigenvalue weighted by atomic mass is 35.5. The largest absolute Gasteiger partial charge is 0.416 e. The number of hydrogen-bond donors (Lipinski definition) is 0. The van der Waals surface area contributed by atoms with Crippen molar-refractivity contribution in [1.82, 2.24) is 0 Å². The molecule has 0 aliphatic heterocycles. The van der Waals surface area contributed by atoms with Crippen molar-refractivity contribution in [3.63, 3.8) is 0 Å². The maximum absolute atomic E-state index is 12.8. The van der Waals surface area contributed by atoms with Crippen LogP contribution in [0, 0.1) is 0 Å². The molecule has 0 aliphatic rings. The van der Waals surface area contributed by atoms with E-state index in [2.05, 4.69) is 13.1 Å². The lowest BCUT2D eigenvalue weighted by Gasteiger charge is -2.17. The maximum atomic E-state index is 12.8. The van der Waals surface area contributed by atoms with Crippen LogP contribution in [-0.2, 0) is 6.18 Å². The second-order valence-corrected chi connectivity index (χ2v) is 8.23. The van der Waals surface area contributed by atoms with Crippen LogP contribution in [0.25, 0.3) is 0 Å². The lowest BCUT2D eigenvalue weighted by molar-refractivity contribution is -0.138. The van der Waals surface area contributed by atoms with Gasteiger partial charge in [-0.2, -0.15) is 13.2 Å². The Kier molecular flexibility index (Phi) is 6.14. The van der Waals surface area contributed by atoms with Crippen LogP contribution in [-0.4, -0.2) is 8.80 Å². The van der Waals surface area contributed by atoms with Crippen molar-refractivity contribution in [1.29, 1.82) is 0 Å². The topological polar surface area (TPSA) is 0 Å². The second-order valence-electron chi connectivity index (χ2n) is 4.70. The summed E-state index contributed by atoms with van der Waals surface area (Å²) in [7, 11) is -0.897. The third-order valence-electron chi connectivity index (χ3n) is 3.12. The van der Waals surface area contributed by atoms with E-state index in [1.165, 1.54) is 12.1 Å². The van der Waals surface area contributed by atoms with E-state index in [9.17, 15) is 13.2 Å². The van der Waals surface area contributed by atoms with Crippen LogP contribution in [0.1, 0.15) is 29.3 Å². The third kappa shape index (κ3) is 5.03. The number of benzene rings is 1. The Morgan fingerprint density at radius 3 is 2.58 bits per heavy atom. The van der Waals surface area contributed by atoms with Crippen LogP contribution < -0.4 is 0 Å². The summed E-state index contributed by atoms with van der Waals surface area (Å²) in [6.07, 6.45) is -2.92. The molecule has 5 heteroatoms. The molecule has 0 spiro atoms. The molecule has 1 aromatic rings. The van der Waals surface area contributed by atoms with Crippen molar-refractivity contribution in [2.75, 3.05) is 0 Å².